The number of hydrogen-bond donors (Lipinski definition) is 1. The Balaban J connectivity index is 1.98. The highest BCUT2D eigenvalue weighted by atomic mass is 19.1. The maximum absolute atomic E-state index is 14.6. The van der Waals surface area contributed by atoms with Gasteiger partial charge in [0.2, 0.25) is 0 Å². The minimum absolute atomic E-state index is 0.0693. The second kappa shape index (κ2) is 6.77. The number of anilines is 1. The Morgan fingerprint density at radius 1 is 1.11 bits per heavy atom. The molecule has 1 atom stereocenters. The van der Waals surface area contributed by atoms with Gasteiger partial charge in [-0.1, -0.05) is 53.7 Å². The summed E-state index contributed by atoms with van der Waals surface area (Å²) in [7, 11) is 0. The summed E-state index contributed by atoms with van der Waals surface area (Å²) in [5, 5.41) is 14.6. The van der Waals surface area contributed by atoms with Gasteiger partial charge < -0.3 is 9.63 Å². The number of Topliss-reactive ketones (excluding diaryl/α,β-unsaturated/α-hetero) is 1. The summed E-state index contributed by atoms with van der Waals surface area (Å²) in [4.78, 5) is 26.6. The van der Waals surface area contributed by atoms with Gasteiger partial charge in [0.25, 0.3) is 5.78 Å². The van der Waals surface area contributed by atoms with Crippen LogP contribution in [0.1, 0.15) is 22.9 Å². The lowest BCUT2D eigenvalue weighted by Crippen LogP contribution is -2.30. The summed E-state index contributed by atoms with van der Waals surface area (Å²) < 4.78 is 19.7. The van der Waals surface area contributed by atoms with Gasteiger partial charge in [0.1, 0.15) is 17.3 Å². The van der Waals surface area contributed by atoms with Gasteiger partial charge in [-0.15, -0.1) is 0 Å². The first kappa shape index (κ1) is 17.7. The fourth-order valence-electron chi connectivity index (χ4n) is 3.28. The molecule has 4 rings (SSSR count). The van der Waals surface area contributed by atoms with E-state index in [1.807, 2.05) is 0 Å². The second-order valence-electron chi connectivity index (χ2n) is 6.35. The lowest BCUT2D eigenvalue weighted by atomic mass is 9.95. The number of ketones is 1. The zero-order chi connectivity index (χ0) is 19.8. The highest BCUT2D eigenvalue weighted by molar-refractivity contribution is 6.51. The third kappa shape index (κ3) is 2.77. The number of aromatic nitrogens is 1. The molecule has 2 heterocycles. The number of hydrogen-bond acceptors (Lipinski definition) is 5. The molecule has 2 aromatic carbocycles. The van der Waals surface area contributed by atoms with Gasteiger partial charge in [-0.3, -0.25) is 14.5 Å². The molecular weight excluding hydrogens is 363 g/mol. The van der Waals surface area contributed by atoms with E-state index in [9.17, 15) is 19.1 Å². The Bertz CT molecular complexity index is 1100. The quantitative estimate of drug-likeness (QED) is 0.426. The topological polar surface area (TPSA) is 83.6 Å². The molecule has 28 heavy (non-hydrogen) atoms. The average Bonchev–Trinajstić information content (AvgIpc) is 3.23. The number of halogens is 1. The number of nitrogens with zero attached hydrogens (tertiary/aromatic N) is 2. The van der Waals surface area contributed by atoms with E-state index >= 15 is 0 Å². The lowest BCUT2D eigenvalue weighted by Gasteiger charge is -2.23. The predicted octanol–water partition coefficient (Wildman–Crippen LogP) is 3.75. The third-order valence-electron chi connectivity index (χ3n) is 4.55. The molecule has 3 aromatic rings. The summed E-state index contributed by atoms with van der Waals surface area (Å²) in [5.74, 6) is -2.34. The molecule has 1 N–H and O–H groups in total. The minimum atomic E-state index is -1.18. The summed E-state index contributed by atoms with van der Waals surface area (Å²) in [6.45, 7) is 1.63. The summed E-state index contributed by atoms with van der Waals surface area (Å²) >= 11 is 0. The van der Waals surface area contributed by atoms with Crippen LogP contribution in [0.15, 0.2) is 70.8 Å². The molecule has 1 aliphatic rings. The predicted molar refractivity (Wildman–Crippen MR) is 98.9 cm³/mol. The van der Waals surface area contributed by atoms with Crippen molar-refractivity contribution in [2.24, 2.45) is 0 Å². The van der Waals surface area contributed by atoms with Crippen molar-refractivity contribution in [3.05, 3.63) is 88.9 Å². The van der Waals surface area contributed by atoms with Crippen LogP contribution < -0.4 is 4.90 Å². The van der Waals surface area contributed by atoms with Gasteiger partial charge in [-0.25, -0.2) is 4.39 Å². The van der Waals surface area contributed by atoms with Crippen LogP contribution in [0.4, 0.5) is 10.2 Å². The van der Waals surface area contributed by atoms with Crippen LogP contribution in [0.3, 0.4) is 0 Å². The molecule has 0 spiro atoms. The number of amides is 1. The molecule has 1 fully saturated rings. The first-order valence-corrected chi connectivity index (χ1v) is 8.53. The van der Waals surface area contributed by atoms with Crippen molar-refractivity contribution in [3.8, 4) is 0 Å². The van der Waals surface area contributed by atoms with Crippen LogP contribution >= 0.6 is 0 Å². The summed E-state index contributed by atoms with van der Waals surface area (Å²) in [6, 6.07) is 14.4. The molecule has 7 heteroatoms. The molecule has 1 unspecified atom stereocenters. The van der Waals surface area contributed by atoms with Crippen molar-refractivity contribution < 1.29 is 23.6 Å². The van der Waals surface area contributed by atoms with Gasteiger partial charge in [-0.2, -0.15) is 0 Å². The molecule has 1 saturated heterocycles. The fourth-order valence-corrected chi connectivity index (χ4v) is 3.28. The molecule has 0 aliphatic carbocycles. The number of aryl methyl sites for hydroxylation is 1. The fraction of sp³-hybridized carbons (Fsp3) is 0.0952. The van der Waals surface area contributed by atoms with Crippen LogP contribution in [-0.4, -0.2) is 22.0 Å². The van der Waals surface area contributed by atoms with Crippen LogP contribution in [0.5, 0.6) is 0 Å². The minimum Gasteiger partial charge on any atom is -0.507 e. The monoisotopic (exact) mass is 378 g/mol. The van der Waals surface area contributed by atoms with Crippen LogP contribution in [0.2, 0.25) is 0 Å². The van der Waals surface area contributed by atoms with Gasteiger partial charge in [0.05, 0.1) is 11.6 Å². The molecule has 1 aliphatic heterocycles. The average molecular weight is 378 g/mol. The summed E-state index contributed by atoms with van der Waals surface area (Å²) in [5.41, 5.74) is 0.208. The van der Waals surface area contributed by atoms with Crippen LogP contribution in [0, 0.1) is 12.7 Å². The van der Waals surface area contributed by atoms with Crippen molar-refractivity contribution in [1.82, 2.24) is 5.16 Å². The molecule has 1 amide bonds. The van der Waals surface area contributed by atoms with E-state index < -0.39 is 23.5 Å². The standard InChI is InChI=1S/C21H15FN2O4/c1-12-11-16(23-28-12)24-18(14-9-5-6-10-15(14)22)17(20(26)21(24)27)19(25)13-7-3-2-4-8-13/h2-11,18,25H,1H3/b19-17+. The van der Waals surface area contributed by atoms with Crippen LogP contribution in [-0.2, 0) is 9.59 Å². The van der Waals surface area contributed by atoms with E-state index in [4.69, 9.17) is 4.52 Å². The van der Waals surface area contributed by atoms with Crippen molar-refractivity contribution in [1.29, 1.82) is 0 Å². The van der Waals surface area contributed by atoms with Crippen molar-refractivity contribution in [3.63, 3.8) is 0 Å². The first-order valence-electron chi connectivity index (χ1n) is 8.53. The van der Waals surface area contributed by atoms with E-state index in [-0.39, 0.29) is 22.7 Å². The number of aliphatic hydroxyl groups excluding tert-OH is 1. The first-order chi connectivity index (χ1) is 13.5. The van der Waals surface area contributed by atoms with Crippen molar-refractivity contribution >= 4 is 23.3 Å². The smallest absolute Gasteiger partial charge is 0.301 e. The number of benzene rings is 2. The molecule has 0 bridgehead atoms. The van der Waals surface area contributed by atoms with E-state index in [1.165, 1.54) is 24.3 Å². The Morgan fingerprint density at radius 3 is 2.43 bits per heavy atom. The molecular formula is C21H15FN2O4. The van der Waals surface area contributed by atoms with Crippen molar-refractivity contribution in [2.45, 2.75) is 13.0 Å². The van der Waals surface area contributed by atoms with E-state index in [0.717, 1.165) is 4.90 Å². The zero-order valence-corrected chi connectivity index (χ0v) is 14.8. The number of carbonyl (C=O) groups excluding carboxylic acids is 2. The Hall–Kier alpha value is -3.74. The van der Waals surface area contributed by atoms with Gasteiger partial charge in [-0.05, 0) is 13.0 Å². The highest BCUT2D eigenvalue weighted by Gasteiger charge is 2.48. The molecule has 140 valence electrons. The summed E-state index contributed by atoms with van der Waals surface area (Å²) in [6.07, 6.45) is 0. The van der Waals surface area contributed by atoms with E-state index in [2.05, 4.69) is 5.16 Å². The van der Waals surface area contributed by atoms with Gasteiger partial charge >= 0.3 is 5.91 Å². The third-order valence-corrected chi connectivity index (χ3v) is 4.55. The van der Waals surface area contributed by atoms with Crippen LogP contribution in [0.25, 0.3) is 5.76 Å². The number of aliphatic hydroxyl groups is 1. The Kier molecular flexibility index (Phi) is 4.27. The largest absolute Gasteiger partial charge is 0.507 e. The molecule has 6 nitrogen and oxygen atoms in total. The van der Waals surface area contributed by atoms with Crippen molar-refractivity contribution in [2.75, 3.05) is 4.90 Å². The normalized spacial score (nSPS) is 18.6. The molecule has 0 radical (unpaired) electrons. The number of carbonyl (C=O) groups is 2. The van der Waals surface area contributed by atoms with Gasteiger partial charge in [0.15, 0.2) is 5.82 Å². The lowest BCUT2D eigenvalue weighted by molar-refractivity contribution is -0.132. The van der Waals surface area contributed by atoms with E-state index in [0.29, 0.717) is 11.3 Å². The second-order valence-corrected chi connectivity index (χ2v) is 6.35. The Labute approximate surface area is 159 Å². The molecule has 0 saturated carbocycles. The van der Waals surface area contributed by atoms with E-state index in [1.54, 1.807) is 43.3 Å². The maximum atomic E-state index is 14.6. The zero-order valence-electron chi connectivity index (χ0n) is 14.8. The van der Waals surface area contributed by atoms with Gasteiger partial charge in [0, 0.05) is 17.2 Å². The molecule has 1 aromatic heterocycles. The Morgan fingerprint density at radius 2 is 1.79 bits per heavy atom. The highest BCUT2D eigenvalue weighted by Crippen LogP contribution is 2.42. The SMILES string of the molecule is Cc1cc(N2C(=O)C(=O)/C(=C(/O)c3ccccc3)C2c2ccccc2F)no1. The maximum Gasteiger partial charge on any atom is 0.301 e. The number of rotatable bonds is 3.